The Labute approximate surface area is 127 Å². The second-order valence-electron chi connectivity index (χ2n) is 5.93. The first kappa shape index (κ1) is 15.5. The highest BCUT2D eigenvalue weighted by atomic mass is 35.5. The number of anilines is 1. The van der Waals surface area contributed by atoms with Crippen LogP contribution in [0.3, 0.4) is 0 Å². The van der Waals surface area contributed by atoms with Gasteiger partial charge in [0, 0.05) is 31.1 Å². The van der Waals surface area contributed by atoms with Crippen molar-refractivity contribution in [3.8, 4) is 0 Å². The molecule has 1 aromatic rings. The van der Waals surface area contributed by atoms with Crippen LogP contribution in [0.1, 0.15) is 45.4 Å². The fourth-order valence-corrected chi connectivity index (χ4v) is 2.91. The van der Waals surface area contributed by atoms with E-state index in [1.807, 2.05) is 6.07 Å². The normalized spacial score (nSPS) is 21.3. The quantitative estimate of drug-likeness (QED) is 0.802. The maximum absolute atomic E-state index is 6.19. The molecule has 5 heteroatoms. The highest BCUT2D eigenvalue weighted by Crippen LogP contribution is 2.24. The first-order valence-electron chi connectivity index (χ1n) is 7.51. The van der Waals surface area contributed by atoms with Gasteiger partial charge in [0.15, 0.2) is 0 Å². The summed E-state index contributed by atoms with van der Waals surface area (Å²) in [4.78, 5) is 13.9. The summed E-state index contributed by atoms with van der Waals surface area (Å²) >= 11 is 6.19. The summed E-state index contributed by atoms with van der Waals surface area (Å²) in [5.74, 6) is 2.11. The monoisotopic (exact) mass is 296 g/mol. The Morgan fingerprint density at radius 3 is 2.75 bits per heavy atom. The molecule has 2 rings (SSSR count). The molecule has 1 atom stereocenters. The SMILES string of the molecule is CCC1CN(C)CCCN1c1cc(Cl)nc(C(C)C)n1. The van der Waals surface area contributed by atoms with Crippen molar-refractivity contribution in [2.45, 2.75) is 45.6 Å². The molecule has 1 saturated heterocycles. The van der Waals surface area contributed by atoms with Gasteiger partial charge in [-0.2, -0.15) is 0 Å². The zero-order chi connectivity index (χ0) is 14.7. The summed E-state index contributed by atoms with van der Waals surface area (Å²) in [5, 5.41) is 0.547. The highest BCUT2D eigenvalue weighted by molar-refractivity contribution is 6.29. The fraction of sp³-hybridized carbons (Fsp3) is 0.733. The molecule has 0 aliphatic carbocycles. The molecule has 1 fully saturated rings. The van der Waals surface area contributed by atoms with Crippen LogP contribution in [0.15, 0.2) is 6.07 Å². The predicted molar refractivity (Wildman–Crippen MR) is 84.7 cm³/mol. The summed E-state index contributed by atoms with van der Waals surface area (Å²) in [6, 6.07) is 2.40. The Morgan fingerprint density at radius 2 is 2.10 bits per heavy atom. The lowest BCUT2D eigenvalue weighted by Gasteiger charge is -2.31. The molecule has 1 aliphatic rings. The number of likely N-dealkylation sites (N-methyl/N-ethyl adjacent to an activating group) is 1. The van der Waals surface area contributed by atoms with E-state index in [1.54, 1.807) is 0 Å². The Balaban J connectivity index is 2.32. The van der Waals surface area contributed by atoms with Crippen LogP contribution in [-0.4, -0.2) is 47.6 Å². The number of aromatic nitrogens is 2. The van der Waals surface area contributed by atoms with E-state index in [1.165, 1.54) is 0 Å². The standard InChI is InChI=1S/C15H25ClN4/c1-5-12-10-19(4)7-6-8-20(12)14-9-13(16)17-15(18-14)11(2)3/h9,11-12H,5-8,10H2,1-4H3. The number of hydrogen-bond acceptors (Lipinski definition) is 4. The van der Waals surface area contributed by atoms with Crippen LogP contribution >= 0.6 is 11.6 Å². The predicted octanol–water partition coefficient (Wildman–Crippen LogP) is 3.17. The van der Waals surface area contributed by atoms with Crippen LogP contribution in [0.25, 0.3) is 0 Å². The third-order valence-electron chi connectivity index (χ3n) is 3.88. The van der Waals surface area contributed by atoms with E-state index < -0.39 is 0 Å². The molecule has 0 saturated carbocycles. The molecule has 1 aliphatic heterocycles. The van der Waals surface area contributed by atoms with Crippen molar-refractivity contribution in [3.05, 3.63) is 17.0 Å². The second kappa shape index (κ2) is 6.72. The molecule has 0 bridgehead atoms. The number of halogens is 1. The maximum Gasteiger partial charge on any atom is 0.135 e. The molecule has 2 heterocycles. The van der Waals surface area contributed by atoms with Crippen LogP contribution in [0.5, 0.6) is 0 Å². The molecule has 0 amide bonds. The van der Waals surface area contributed by atoms with Crippen molar-refractivity contribution in [1.82, 2.24) is 14.9 Å². The van der Waals surface area contributed by atoms with Gasteiger partial charge in [-0.05, 0) is 26.4 Å². The Kier molecular flexibility index (Phi) is 5.22. The van der Waals surface area contributed by atoms with Gasteiger partial charge in [0.1, 0.15) is 16.8 Å². The van der Waals surface area contributed by atoms with Gasteiger partial charge in [0.05, 0.1) is 0 Å². The number of rotatable bonds is 3. The molecule has 1 aromatic heterocycles. The van der Waals surface area contributed by atoms with Crippen LogP contribution in [-0.2, 0) is 0 Å². The van der Waals surface area contributed by atoms with Gasteiger partial charge in [0.25, 0.3) is 0 Å². The fourth-order valence-electron chi connectivity index (χ4n) is 2.72. The van der Waals surface area contributed by atoms with E-state index in [0.717, 1.165) is 44.1 Å². The zero-order valence-corrected chi connectivity index (χ0v) is 13.7. The van der Waals surface area contributed by atoms with E-state index >= 15 is 0 Å². The van der Waals surface area contributed by atoms with Crippen molar-refractivity contribution < 1.29 is 0 Å². The summed E-state index contributed by atoms with van der Waals surface area (Å²) in [5.41, 5.74) is 0. The lowest BCUT2D eigenvalue weighted by Crippen LogP contribution is -2.40. The largest absolute Gasteiger partial charge is 0.352 e. The van der Waals surface area contributed by atoms with E-state index in [4.69, 9.17) is 16.6 Å². The van der Waals surface area contributed by atoms with Crippen molar-refractivity contribution in [2.24, 2.45) is 0 Å². The molecule has 20 heavy (non-hydrogen) atoms. The smallest absolute Gasteiger partial charge is 0.135 e. The van der Waals surface area contributed by atoms with Gasteiger partial charge in [-0.1, -0.05) is 32.4 Å². The van der Waals surface area contributed by atoms with Gasteiger partial charge >= 0.3 is 0 Å². The average molecular weight is 297 g/mol. The van der Waals surface area contributed by atoms with Crippen molar-refractivity contribution in [3.63, 3.8) is 0 Å². The van der Waals surface area contributed by atoms with Gasteiger partial charge in [-0.25, -0.2) is 9.97 Å². The Hall–Kier alpha value is -0.870. The van der Waals surface area contributed by atoms with Crippen LogP contribution in [0.2, 0.25) is 5.15 Å². The van der Waals surface area contributed by atoms with E-state index in [0.29, 0.717) is 17.1 Å². The summed E-state index contributed by atoms with van der Waals surface area (Å²) in [6.45, 7) is 9.70. The van der Waals surface area contributed by atoms with Crippen molar-refractivity contribution in [1.29, 1.82) is 0 Å². The van der Waals surface area contributed by atoms with Crippen LogP contribution in [0, 0.1) is 0 Å². The van der Waals surface area contributed by atoms with E-state index in [9.17, 15) is 0 Å². The summed E-state index contributed by atoms with van der Waals surface area (Å²) in [7, 11) is 2.19. The lowest BCUT2D eigenvalue weighted by atomic mass is 10.1. The topological polar surface area (TPSA) is 32.3 Å². The molecule has 0 spiro atoms. The van der Waals surface area contributed by atoms with Crippen molar-refractivity contribution >= 4 is 17.4 Å². The first-order chi connectivity index (χ1) is 9.51. The molecule has 4 nitrogen and oxygen atoms in total. The maximum atomic E-state index is 6.19. The van der Waals surface area contributed by atoms with E-state index in [-0.39, 0.29) is 0 Å². The second-order valence-corrected chi connectivity index (χ2v) is 6.32. The molecule has 0 N–H and O–H groups in total. The van der Waals surface area contributed by atoms with Crippen LogP contribution < -0.4 is 4.90 Å². The summed E-state index contributed by atoms with van der Waals surface area (Å²) < 4.78 is 0. The van der Waals surface area contributed by atoms with Crippen molar-refractivity contribution in [2.75, 3.05) is 31.6 Å². The highest BCUT2D eigenvalue weighted by Gasteiger charge is 2.24. The van der Waals surface area contributed by atoms with Gasteiger partial charge in [-0.3, -0.25) is 0 Å². The minimum atomic E-state index is 0.294. The molecule has 0 radical (unpaired) electrons. The molecule has 0 aromatic carbocycles. The number of nitrogens with zero attached hydrogens (tertiary/aromatic N) is 4. The summed E-state index contributed by atoms with van der Waals surface area (Å²) in [6.07, 6.45) is 2.27. The number of hydrogen-bond donors (Lipinski definition) is 0. The zero-order valence-electron chi connectivity index (χ0n) is 12.9. The Morgan fingerprint density at radius 1 is 1.35 bits per heavy atom. The molecule has 1 unspecified atom stereocenters. The first-order valence-corrected chi connectivity index (χ1v) is 7.88. The third kappa shape index (κ3) is 3.61. The lowest BCUT2D eigenvalue weighted by molar-refractivity contribution is 0.327. The third-order valence-corrected chi connectivity index (χ3v) is 4.08. The van der Waals surface area contributed by atoms with E-state index in [2.05, 4.69) is 42.6 Å². The van der Waals surface area contributed by atoms with Gasteiger partial charge < -0.3 is 9.80 Å². The molecule has 112 valence electrons. The van der Waals surface area contributed by atoms with Crippen LogP contribution in [0.4, 0.5) is 5.82 Å². The molecular weight excluding hydrogens is 272 g/mol. The Bertz CT molecular complexity index is 449. The van der Waals surface area contributed by atoms with Gasteiger partial charge in [-0.15, -0.1) is 0 Å². The minimum Gasteiger partial charge on any atom is -0.352 e. The molecular formula is C15H25ClN4. The average Bonchev–Trinajstić information content (AvgIpc) is 2.59. The van der Waals surface area contributed by atoms with Gasteiger partial charge in [0.2, 0.25) is 0 Å². The minimum absolute atomic E-state index is 0.294.